The average molecular weight is 379 g/mol. The minimum Gasteiger partial charge on any atom is -0.460 e. The maximum Gasteiger partial charge on any atom is 0.330 e. The summed E-state index contributed by atoms with van der Waals surface area (Å²) in [5.74, 6) is 0.792. The van der Waals surface area contributed by atoms with Crippen molar-refractivity contribution in [1.82, 2.24) is 0 Å². The van der Waals surface area contributed by atoms with E-state index in [4.69, 9.17) is 9.84 Å². The van der Waals surface area contributed by atoms with Crippen LogP contribution in [-0.4, -0.2) is 35.5 Å². The first kappa shape index (κ1) is 22.2. The minimum absolute atomic E-state index is 0.173. The molecule has 2 aliphatic carbocycles. The summed E-state index contributed by atoms with van der Waals surface area (Å²) < 4.78 is 4.97. The van der Waals surface area contributed by atoms with Crippen molar-refractivity contribution in [2.75, 3.05) is 13.2 Å². The van der Waals surface area contributed by atoms with Gasteiger partial charge in [0, 0.05) is 6.08 Å². The molecule has 4 heteroatoms. The van der Waals surface area contributed by atoms with Gasteiger partial charge in [-0.3, -0.25) is 0 Å². The number of aliphatic hydroxyl groups is 2. The van der Waals surface area contributed by atoms with Crippen LogP contribution in [0.1, 0.15) is 72.6 Å². The first-order valence-electron chi connectivity index (χ1n) is 10.4. The Morgan fingerprint density at radius 2 is 2.07 bits per heavy atom. The summed E-state index contributed by atoms with van der Waals surface area (Å²) in [5, 5.41) is 18.0. The Bertz CT molecular complexity index is 577. The summed E-state index contributed by atoms with van der Waals surface area (Å²) in [4.78, 5) is 11.9. The molecule has 0 aromatic heterocycles. The Labute approximate surface area is 164 Å². The lowest BCUT2D eigenvalue weighted by molar-refractivity contribution is -0.141. The Hall–Kier alpha value is -1.13. The first-order chi connectivity index (χ1) is 12.6. The van der Waals surface area contributed by atoms with Crippen molar-refractivity contribution in [3.05, 3.63) is 23.8 Å². The molecule has 2 saturated carbocycles. The number of carbonyl (C=O) groups is 1. The monoisotopic (exact) mass is 378 g/mol. The third-order valence-corrected chi connectivity index (χ3v) is 7.14. The normalized spacial score (nSPS) is 31.9. The van der Waals surface area contributed by atoms with Crippen LogP contribution in [0.5, 0.6) is 0 Å². The third-order valence-electron chi connectivity index (χ3n) is 7.14. The molecule has 2 fully saturated rings. The standard InChI is InChI=1S/C23H38O4/c1-16(13-21(26)27-15-18(25)14-24)7-9-19-17(2)8-10-20-22(3,4)11-6-12-23(19,20)5/h13,18-20,24-25H,2,6-12,14-15H2,1,3-5H3/t18-,19-,20-,23-/m1/s1. The Morgan fingerprint density at radius 1 is 1.37 bits per heavy atom. The number of hydrogen-bond donors (Lipinski definition) is 2. The molecule has 4 atom stereocenters. The molecule has 2 N–H and O–H groups in total. The number of esters is 1. The molecule has 0 amide bonds. The lowest BCUT2D eigenvalue weighted by atomic mass is 9.47. The maximum atomic E-state index is 11.9. The van der Waals surface area contributed by atoms with E-state index in [0.717, 1.165) is 30.8 Å². The maximum absolute atomic E-state index is 11.9. The van der Waals surface area contributed by atoms with Crippen LogP contribution in [0.3, 0.4) is 0 Å². The van der Waals surface area contributed by atoms with Crippen molar-refractivity contribution in [3.8, 4) is 0 Å². The van der Waals surface area contributed by atoms with Crippen molar-refractivity contribution in [3.63, 3.8) is 0 Å². The van der Waals surface area contributed by atoms with Gasteiger partial charge in [0.25, 0.3) is 0 Å². The van der Waals surface area contributed by atoms with Crippen molar-refractivity contribution in [1.29, 1.82) is 0 Å². The molecular formula is C23H38O4. The second-order valence-corrected chi connectivity index (χ2v) is 9.65. The van der Waals surface area contributed by atoms with Gasteiger partial charge in [0.1, 0.15) is 12.7 Å². The fourth-order valence-electron chi connectivity index (χ4n) is 5.73. The highest BCUT2D eigenvalue weighted by atomic mass is 16.5. The van der Waals surface area contributed by atoms with Crippen molar-refractivity contribution < 1.29 is 19.7 Å². The van der Waals surface area contributed by atoms with Gasteiger partial charge in [-0.05, 0) is 68.1 Å². The lowest BCUT2D eigenvalue weighted by Gasteiger charge is -2.58. The number of hydrogen-bond acceptors (Lipinski definition) is 4. The third kappa shape index (κ3) is 5.23. The van der Waals surface area contributed by atoms with E-state index in [1.807, 2.05) is 6.92 Å². The molecule has 0 saturated heterocycles. The second-order valence-electron chi connectivity index (χ2n) is 9.65. The van der Waals surface area contributed by atoms with Crippen LogP contribution in [0.25, 0.3) is 0 Å². The highest BCUT2D eigenvalue weighted by Crippen LogP contribution is 2.61. The molecule has 27 heavy (non-hydrogen) atoms. The first-order valence-corrected chi connectivity index (χ1v) is 10.4. The van der Waals surface area contributed by atoms with Gasteiger partial charge in [-0.25, -0.2) is 4.79 Å². The molecule has 2 aliphatic rings. The van der Waals surface area contributed by atoms with E-state index in [-0.39, 0.29) is 6.61 Å². The van der Waals surface area contributed by atoms with Crippen molar-refractivity contribution >= 4 is 5.97 Å². The van der Waals surface area contributed by atoms with Crippen LogP contribution in [0, 0.1) is 22.7 Å². The molecule has 0 aliphatic heterocycles. The average Bonchev–Trinajstić information content (AvgIpc) is 2.58. The Balaban J connectivity index is 1.99. The quantitative estimate of drug-likeness (QED) is 0.391. The Kier molecular flexibility index (Phi) is 7.32. The number of aliphatic hydroxyl groups excluding tert-OH is 2. The molecule has 2 rings (SSSR count). The molecule has 0 spiro atoms. The molecule has 0 unspecified atom stereocenters. The van der Waals surface area contributed by atoms with Gasteiger partial charge in [0.2, 0.25) is 0 Å². The van der Waals surface area contributed by atoms with E-state index >= 15 is 0 Å². The molecule has 0 heterocycles. The SMILES string of the molecule is C=C1CC[C@@H]2C(C)(C)CCC[C@]2(C)[C@@H]1CCC(C)=CC(=O)OC[C@H](O)CO. The predicted octanol–water partition coefficient (Wildman–Crippen LogP) is 4.41. The molecular weight excluding hydrogens is 340 g/mol. The zero-order chi connectivity index (χ0) is 20.2. The fraction of sp³-hybridized carbons (Fsp3) is 0.783. The van der Waals surface area contributed by atoms with Gasteiger partial charge in [0.15, 0.2) is 0 Å². The van der Waals surface area contributed by atoms with Crippen LogP contribution in [0.15, 0.2) is 23.8 Å². The van der Waals surface area contributed by atoms with Crippen LogP contribution < -0.4 is 0 Å². The number of allylic oxidation sites excluding steroid dienone is 2. The fourth-order valence-corrected chi connectivity index (χ4v) is 5.73. The largest absolute Gasteiger partial charge is 0.460 e. The minimum atomic E-state index is -1.01. The van der Waals surface area contributed by atoms with Crippen LogP contribution in [0.4, 0.5) is 0 Å². The summed E-state index contributed by atoms with van der Waals surface area (Å²) in [6, 6.07) is 0. The molecule has 0 aromatic carbocycles. The van der Waals surface area contributed by atoms with E-state index in [0.29, 0.717) is 16.7 Å². The van der Waals surface area contributed by atoms with Gasteiger partial charge >= 0.3 is 5.97 Å². The highest BCUT2D eigenvalue weighted by molar-refractivity contribution is 5.82. The van der Waals surface area contributed by atoms with E-state index in [1.165, 1.54) is 37.3 Å². The van der Waals surface area contributed by atoms with Gasteiger partial charge < -0.3 is 14.9 Å². The topological polar surface area (TPSA) is 66.8 Å². The summed E-state index contributed by atoms with van der Waals surface area (Å²) in [7, 11) is 0. The van der Waals surface area contributed by atoms with Crippen molar-refractivity contribution in [2.45, 2.75) is 78.7 Å². The predicted molar refractivity (Wildman–Crippen MR) is 108 cm³/mol. The number of ether oxygens (including phenoxy) is 1. The summed E-state index contributed by atoms with van der Waals surface area (Å²) in [6.07, 6.45) is 8.63. The highest BCUT2D eigenvalue weighted by Gasteiger charge is 2.52. The number of carbonyl (C=O) groups excluding carboxylic acids is 1. The molecule has 0 aromatic rings. The summed E-state index contributed by atoms with van der Waals surface area (Å²) in [5.41, 5.74) is 3.08. The lowest BCUT2D eigenvalue weighted by Crippen LogP contribution is -2.49. The van der Waals surface area contributed by atoms with Crippen molar-refractivity contribution in [2.24, 2.45) is 22.7 Å². The molecule has 0 bridgehead atoms. The molecule has 4 nitrogen and oxygen atoms in total. The van der Waals surface area contributed by atoms with E-state index in [9.17, 15) is 9.90 Å². The number of rotatable bonds is 7. The molecule has 0 radical (unpaired) electrons. The van der Waals surface area contributed by atoms with E-state index in [1.54, 1.807) is 0 Å². The zero-order valence-electron chi connectivity index (χ0n) is 17.6. The summed E-state index contributed by atoms with van der Waals surface area (Å²) >= 11 is 0. The summed E-state index contributed by atoms with van der Waals surface area (Å²) in [6.45, 7) is 13.1. The van der Waals surface area contributed by atoms with Crippen LogP contribution in [-0.2, 0) is 9.53 Å². The molecule has 154 valence electrons. The van der Waals surface area contributed by atoms with Crippen LogP contribution >= 0.6 is 0 Å². The van der Waals surface area contributed by atoms with Gasteiger partial charge in [-0.2, -0.15) is 0 Å². The van der Waals surface area contributed by atoms with E-state index in [2.05, 4.69) is 27.4 Å². The number of fused-ring (bicyclic) bond motifs is 1. The van der Waals surface area contributed by atoms with Crippen LogP contribution in [0.2, 0.25) is 0 Å². The van der Waals surface area contributed by atoms with Gasteiger partial charge in [-0.1, -0.05) is 44.9 Å². The van der Waals surface area contributed by atoms with Gasteiger partial charge in [0.05, 0.1) is 6.61 Å². The Morgan fingerprint density at radius 3 is 2.74 bits per heavy atom. The second kappa shape index (κ2) is 8.91. The zero-order valence-corrected chi connectivity index (χ0v) is 17.6. The van der Waals surface area contributed by atoms with Gasteiger partial charge in [-0.15, -0.1) is 0 Å². The smallest absolute Gasteiger partial charge is 0.330 e. The van der Waals surface area contributed by atoms with E-state index < -0.39 is 18.7 Å².